The smallest absolute Gasteiger partial charge is 0.407 e. The van der Waals surface area contributed by atoms with Crippen molar-refractivity contribution in [1.82, 2.24) is 5.32 Å². The van der Waals surface area contributed by atoms with Crippen LogP contribution < -0.4 is 5.32 Å². The lowest BCUT2D eigenvalue weighted by atomic mass is 10.3. The number of unbranched alkanes of at least 4 members (excludes halogenated alkanes) is 1. The van der Waals surface area contributed by atoms with Crippen LogP contribution in [0.3, 0.4) is 0 Å². The summed E-state index contributed by atoms with van der Waals surface area (Å²) in [5.41, 5.74) is 0. The van der Waals surface area contributed by atoms with Gasteiger partial charge in [0.15, 0.2) is 0 Å². The molecule has 0 unspecified atom stereocenters. The SMILES string of the molecule is CCCCNC(=O)OC[C@@H](C)O. The van der Waals surface area contributed by atoms with Gasteiger partial charge >= 0.3 is 6.09 Å². The van der Waals surface area contributed by atoms with E-state index in [2.05, 4.69) is 10.1 Å². The summed E-state index contributed by atoms with van der Waals surface area (Å²) in [6, 6.07) is 0. The maximum Gasteiger partial charge on any atom is 0.407 e. The second kappa shape index (κ2) is 6.91. The molecule has 2 N–H and O–H groups in total. The second-order valence-corrected chi connectivity index (χ2v) is 2.73. The first-order valence-electron chi connectivity index (χ1n) is 4.25. The van der Waals surface area contributed by atoms with Crippen molar-refractivity contribution in [3.8, 4) is 0 Å². The van der Waals surface area contributed by atoms with Crippen LogP contribution in [0.15, 0.2) is 0 Å². The van der Waals surface area contributed by atoms with Crippen LogP contribution in [0.2, 0.25) is 0 Å². The lowest BCUT2D eigenvalue weighted by Crippen LogP contribution is -2.27. The van der Waals surface area contributed by atoms with Gasteiger partial charge in [0.1, 0.15) is 6.61 Å². The van der Waals surface area contributed by atoms with Crippen molar-refractivity contribution >= 4 is 6.09 Å². The molecule has 0 radical (unpaired) electrons. The molecule has 0 fully saturated rings. The molecular weight excluding hydrogens is 158 g/mol. The first-order chi connectivity index (χ1) is 5.66. The molecule has 4 nitrogen and oxygen atoms in total. The summed E-state index contributed by atoms with van der Waals surface area (Å²) < 4.78 is 4.65. The van der Waals surface area contributed by atoms with Gasteiger partial charge in [0.05, 0.1) is 6.10 Å². The maximum absolute atomic E-state index is 10.8. The summed E-state index contributed by atoms with van der Waals surface area (Å²) in [6.45, 7) is 4.30. The highest BCUT2D eigenvalue weighted by Gasteiger charge is 2.02. The maximum atomic E-state index is 10.8. The number of aliphatic hydroxyl groups excluding tert-OH is 1. The Balaban J connectivity index is 3.22. The predicted octanol–water partition coefficient (Wildman–Crippen LogP) is 0.893. The van der Waals surface area contributed by atoms with Gasteiger partial charge in [-0.3, -0.25) is 0 Å². The van der Waals surface area contributed by atoms with Crippen molar-refractivity contribution in [2.45, 2.75) is 32.8 Å². The Kier molecular flexibility index (Phi) is 6.47. The van der Waals surface area contributed by atoms with Gasteiger partial charge in [0, 0.05) is 6.54 Å². The monoisotopic (exact) mass is 175 g/mol. The molecule has 0 bridgehead atoms. The minimum absolute atomic E-state index is 0.0535. The van der Waals surface area contributed by atoms with Gasteiger partial charge in [-0.05, 0) is 13.3 Å². The highest BCUT2D eigenvalue weighted by molar-refractivity contribution is 5.66. The fourth-order valence-corrected chi connectivity index (χ4v) is 0.615. The number of nitrogens with one attached hydrogen (secondary N) is 1. The van der Waals surface area contributed by atoms with Crippen LogP contribution in [0, 0.1) is 0 Å². The predicted molar refractivity (Wildman–Crippen MR) is 45.9 cm³/mol. The van der Waals surface area contributed by atoms with Crippen LogP contribution in [-0.2, 0) is 4.74 Å². The number of hydrogen-bond acceptors (Lipinski definition) is 3. The average Bonchev–Trinajstić information content (AvgIpc) is 2.01. The molecule has 0 aliphatic carbocycles. The molecule has 0 saturated carbocycles. The zero-order chi connectivity index (χ0) is 9.40. The Bertz CT molecular complexity index is 125. The average molecular weight is 175 g/mol. The van der Waals surface area contributed by atoms with Crippen LogP contribution in [0.4, 0.5) is 4.79 Å². The third-order valence-electron chi connectivity index (χ3n) is 1.26. The first-order valence-corrected chi connectivity index (χ1v) is 4.25. The quantitative estimate of drug-likeness (QED) is 0.610. The Hall–Kier alpha value is -0.770. The molecule has 0 aromatic heterocycles. The standard InChI is InChI=1S/C8H17NO3/c1-3-4-5-9-8(11)12-6-7(2)10/h7,10H,3-6H2,1-2H3,(H,9,11)/t7-/m1/s1. The lowest BCUT2D eigenvalue weighted by Gasteiger charge is -2.07. The Labute approximate surface area is 72.9 Å². The van der Waals surface area contributed by atoms with Gasteiger partial charge in [-0.15, -0.1) is 0 Å². The van der Waals surface area contributed by atoms with E-state index in [9.17, 15) is 4.79 Å². The summed E-state index contributed by atoms with van der Waals surface area (Å²) in [5.74, 6) is 0. The molecule has 0 heterocycles. The number of rotatable bonds is 5. The fraction of sp³-hybridized carbons (Fsp3) is 0.875. The first kappa shape index (κ1) is 11.2. The van der Waals surface area contributed by atoms with Gasteiger partial charge in [-0.2, -0.15) is 0 Å². The number of hydrogen-bond donors (Lipinski definition) is 2. The molecule has 0 saturated heterocycles. The van der Waals surface area contributed by atoms with E-state index >= 15 is 0 Å². The molecule has 0 spiro atoms. The van der Waals surface area contributed by atoms with Crippen LogP contribution in [0.25, 0.3) is 0 Å². The van der Waals surface area contributed by atoms with Gasteiger partial charge < -0.3 is 15.2 Å². The summed E-state index contributed by atoms with van der Waals surface area (Å²) in [7, 11) is 0. The molecule has 12 heavy (non-hydrogen) atoms. The molecule has 72 valence electrons. The molecule has 0 aromatic carbocycles. The van der Waals surface area contributed by atoms with Gasteiger partial charge in [-0.25, -0.2) is 4.79 Å². The third kappa shape index (κ3) is 7.34. The highest BCUT2D eigenvalue weighted by Crippen LogP contribution is 1.86. The largest absolute Gasteiger partial charge is 0.447 e. The van der Waals surface area contributed by atoms with Crippen molar-refractivity contribution in [2.75, 3.05) is 13.2 Å². The second-order valence-electron chi connectivity index (χ2n) is 2.73. The fourth-order valence-electron chi connectivity index (χ4n) is 0.615. The van der Waals surface area contributed by atoms with Crippen molar-refractivity contribution in [2.24, 2.45) is 0 Å². The molecule has 1 atom stereocenters. The van der Waals surface area contributed by atoms with Crippen molar-refractivity contribution < 1.29 is 14.6 Å². The minimum Gasteiger partial charge on any atom is -0.447 e. The van der Waals surface area contributed by atoms with Gasteiger partial charge in [0.25, 0.3) is 0 Å². The van der Waals surface area contributed by atoms with Crippen LogP contribution >= 0.6 is 0 Å². The molecule has 1 amide bonds. The third-order valence-corrected chi connectivity index (χ3v) is 1.26. The van der Waals surface area contributed by atoms with E-state index in [1.54, 1.807) is 6.92 Å². The molecule has 4 heteroatoms. The lowest BCUT2D eigenvalue weighted by molar-refractivity contribution is 0.0780. The number of alkyl carbamates (subject to hydrolysis) is 1. The zero-order valence-corrected chi connectivity index (χ0v) is 7.67. The van der Waals surface area contributed by atoms with Gasteiger partial charge in [-0.1, -0.05) is 13.3 Å². The Morgan fingerprint density at radius 1 is 1.67 bits per heavy atom. The van der Waals surface area contributed by atoms with Gasteiger partial charge in [0.2, 0.25) is 0 Å². The summed E-state index contributed by atoms with van der Waals surface area (Å²) in [5, 5.41) is 11.3. The van der Waals surface area contributed by atoms with E-state index in [1.807, 2.05) is 6.92 Å². The van der Waals surface area contributed by atoms with Crippen LogP contribution in [0.1, 0.15) is 26.7 Å². The van der Waals surface area contributed by atoms with E-state index in [4.69, 9.17) is 5.11 Å². The number of aliphatic hydroxyl groups is 1. The number of ether oxygens (including phenoxy) is 1. The normalized spacial score (nSPS) is 12.2. The van der Waals surface area contributed by atoms with Crippen molar-refractivity contribution in [3.63, 3.8) is 0 Å². The van der Waals surface area contributed by atoms with E-state index in [0.717, 1.165) is 12.8 Å². The van der Waals surface area contributed by atoms with E-state index < -0.39 is 12.2 Å². The van der Waals surface area contributed by atoms with E-state index in [1.165, 1.54) is 0 Å². The molecule has 0 aliphatic rings. The molecule has 0 aliphatic heterocycles. The molecule has 0 rings (SSSR count). The number of carbonyl (C=O) groups excluding carboxylic acids is 1. The van der Waals surface area contributed by atoms with E-state index in [0.29, 0.717) is 6.54 Å². The highest BCUT2D eigenvalue weighted by atomic mass is 16.6. The van der Waals surface area contributed by atoms with Crippen molar-refractivity contribution in [1.29, 1.82) is 0 Å². The van der Waals surface area contributed by atoms with Crippen LogP contribution in [0.5, 0.6) is 0 Å². The minimum atomic E-state index is -0.595. The summed E-state index contributed by atoms with van der Waals surface area (Å²) in [6.07, 6.45) is 0.937. The molecular formula is C8H17NO3. The van der Waals surface area contributed by atoms with Crippen LogP contribution in [-0.4, -0.2) is 30.5 Å². The van der Waals surface area contributed by atoms with Crippen molar-refractivity contribution in [3.05, 3.63) is 0 Å². The summed E-state index contributed by atoms with van der Waals surface area (Å²) in [4.78, 5) is 10.8. The number of amides is 1. The zero-order valence-electron chi connectivity index (χ0n) is 7.67. The topological polar surface area (TPSA) is 58.6 Å². The number of carbonyl (C=O) groups is 1. The Morgan fingerprint density at radius 2 is 2.33 bits per heavy atom. The van der Waals surface area contributed by atoms with E-state index in [-0.39, 0.29) is 6.61 Å². The molecule has 0 aromatic rings. The summed E-state index contributed by atoms with van der Waals surface area (Å²) >= 11 is 0. The Morgan fingerprint density at radius 3 is 2.83 bits per heavy atom.